The second-order valence-electron chi connectivity index (χ2n) is 10.7. The van der Waals surface area contributed by atoms with Gasteiger partial charge in [-0.25, -0.2) is 8.78 Å². The third-order valence-electron chi connectivity index (χ3n) is 6.72. The summed E-state index contributed by atoms with van der Waals surface area (Å²) in [6.07, 6.45) is -6.60. The lowest BCUT2D eigenvalue weighted by atomic mass is 9.78. The molecule has 6 nitrogen and oxygen atoms in total. The van der Waals surface area contributed by atoms with Crippen molar-refractivity contribution in [2.75, 3.05) is 0 Å². The Balaban J connectivity index is 1.63. The van der Waals surface area contributed by atoms with Gasteiger partial charge in [0.25, 0.3) is 5.91 Å². The first-order valence-corrected chi connectivity index (χ1v) is 12.7. The Kier molecular flexibility index (Phi) is 8.37. The molecule has 2 aliphatic rings. The van der Waals surface area contributed by atoms with Crippen molar-refractivity contribution in [1.82, 2.24) is 5.32 Å². The average Bonchev–Trinajstić information content (AvgIpc) is 3.15. The molecule has 4 atom stereocenters. The van der Waals surface area contributed by atoms with Crippen LogP contribution in [0.3, 0.4) is 0 Å². The summed E-state index contributed by atoms with van der Waals surface area (Å²) in [5.41, 5.74) is -2.03. The summed E-state index contributed by atoms with van der Waals surface area (Å²) in [6.45, 7) is 6.44. The van der Waals surface area contributed by atoms with Gasteiger partial charge in [0.05, 0.1) is 31.0 Å². The van der Waals surface area contributed by atoms with Crippen LogP contribution in [-0.4, -0.2) is 41.6 Å². The number of halogens is 5. The zero-order chi connectivity index (χ0) is 28.6. The first-order valence-electron chi connectivity index (χ1n) is 12.7. The number of hydrogen-bond donors (Lipinski definition) is 1. The maximum absolute atomic E-state index is 14.3. The number of amides is 1. The first-order chi connectivity index (χ1) is 18.2. The van der Waals surface area contributed by atoms with Crippen LogP contribution >= 0.6 is 0 Å². The van der Waals surface area contributed by atoms with Crippen molar-refractivity contribution >= 4 is 5.91 Å². The number of hydrogen-bond acceptors (Lipinski definition) is 5. The molecule has 1 aliphatic carbocycles. The highest BCUT2D eigenvalue weighted by Gasteiger charge is 2.58. The van der Waals surface area contributed by atoms with E-state index in [0.29, 0.717) is 0 Å². The van der Waals surface area contributed by atoms with Crippen LogP contribution in [0, 0.1) is 11.6 Å². The number of carbonyl (C=O) groups excluding carboxylic acids is 1. The minimum atomic E-state index is -4.53. The molecule has 214 valence electrons. The molecular weight excluding hydrogens is 525 g/mol. The Labute approximate surface area is 223 Å². The third kappa shape index (κ3) is 6.95. The molecule has 0 bridgehead atoms. The molecule has 11 heteroatoms. The fraction of sp³-hybridized carbons (Fsp3) is 0.536. The molecule has 0 radical (unpaired) electrons. The van der Waals surface area contributed by atoms with E-state index in [2.05, 4.69) is 5.32 Å². The van der Waals surface area contributed by atoms with Gasteiger partial charge in [-0.2, -0.15) is 13.2 Å². The molecule has 1 saturated carbocycles. The predicted octanol–water partition coefficient (Wildman–Crippen LogP) is 5.66. The lowest BCUT2D eigenvalue weighted by Crippen LogP contribution is -2.60. The van der Waals surface area contributed by atoms with E-state index >= 15 is 0 Å². The molecule has 2 aromatic carbocycles. The van der Waals surface area contributed by atoms with Crippen LogP contribution in [0.2, 0.25) is 0 Å². The zero-order valence-corrected chi connectivity index (χ0v) is 22.1. The number of fused-ring (bicyclic) bond motifs is 1. The lowest BCUT2D eigenvalue weighted by molar-refractivity contribution is -0.184. The van der Waals surface area contributed by atoms with E-state index in [1.165, 1.54) is 18.2 Å². The van der Waals surface area contributed by atoms with Gasteiger partial charge in [-0.1, -0.05) is 18.2 Å². The highest BCUT2D eigenvalue weighted by Crippen LogP contribution is 2.44. The van der Waals surface area contributed by atoms with Crippen LogP contribution in [0.5, 0.6) is 0 Å². The third-order valence-corrected chi connectivity index (χ3v) is 6.72. The lowest BCUT2D eigenvalue weighted by Gasteiger charge is -2.43. The average molecular weight is 558 g/mol. The smallest absolute Gasteiger partial charge is 0.370 e. The van der Waals surface area contributed by atoms with Crippen LogP contribution in [0.1, 0.15) is 57.2 Å². The fourth-order valence-corrected chi connectivity index (χ4v) is 5.00. The topological polar surface area (TPSA) is 66.0 Å². The monoisotopic (exact) mass is 557 g/mol. The highest BCUT2D eigenvalue weighted by molar-refractivity contribution is 5.85. The van der Waals surface area contributed by atoms with Crippen molar-refractivity contribution in [3.8, 4) is 0 Å². The Hall–Kier alpha value is -2.60. The van der Waals surface area contributed by atoms with E-state index in [0.717, 1.165) is 24.3 Å². The molecule has 2 fully saturated rings. The zero-order valence-electron chi connectivity index (χ0n) is 22.1. The second kappa shape index (κ2) is 11.1. The molecule has 0 spiro atoms. The maximum Gasteiger partial charge on any atom is 0.416 e. The number of carbonyl (C=O) groups is 1. The highest BCUT2D eigenvalue weighted by atomic mass is 19.4. The van der Waals surface area contributed by atoms with Gasteiger partial charge in [-0.3, -0.25) is 4.79 Å². The Morgan fingerprint density at radius 1 is 1.08 bits per heavy atom. The summed E-state index contributed by atoms with van der Waals surface area (Å²) >= 11 is 0. The molecule has 1 N–H and O–H groups in total. The summed E-state index contributed by atoms with van der Waals surface area (Å²) in [7, 11) is 0. The van der Waals surface area contributed by atoms with Crippen LogP contribution in [-0.2, 0) is 43.1 Å². The molecule has 4 rings (SSSR count). The number of rotatable bonds is 8. The molecule has 39 heavy (non-hydrogen) atoms. The summed E-state index contributed by atoms with van der Waals surface area (Å²) in [5.74, 6) is -2.99. The van der Waals surface area contributed by atoms with Crippen LogP contribution in [0.25, 0.3) is 0 Å². The largest absolute Gasteiger partial charge is 0.416 e. The standard InChI is InChI=1S/C28H32F5NO5/c1-16(2)34-25(35)27(37-14-17-6-5-7-19(10-17)28(31,32)33)12-22(24-23(13-27)38-26(3,4)39-24)36-15-18-8-9-20(29)11-21(18)30/h5-11,16,22-24H,12-15H2,1-4H3,(H,34,35)/t22-,23+,24-,27+/m0/s1. The van der Waals surface area contributed by atoms with E-state index in [4.69, 9.17) is 18.9 Å². The van der Waals surface area contributed by atoms with Gasteiger partial charge in [0.2, 0.25) is 0 Å². The van der Waals surface area contributed by atoms with Crippen molar-refractivity contribution in [2.24, 2.45) is 0 Å². The van der Waals surface area contributed by atoms with Crippen molar-refractivity contribution in [1.29, 1.82) is 0 Å². The molecular formula is C28H32F5NO5. The molecule has 0 unspecified atom stereocenters. The summed E-state index contributed by atoms with van der Waals surface area (Å²) < 4.78 is 91.8. The normalized spacial score (nSPS) is 26.5. The second-order valence-corrected chi connectivity index (χ2v) is 10.7. The van der Waals surface area contributed by atoms with E-state index in [1.807, 2.05) is 0 Å². The van der Waals surface area contributed by atoms with Crippen molar-refractivity contribution in [3.63, 3.8) is 0 Å². The van der Waals surface area contributed by atoms with Crippen LogP contribution < -0.4 is 5.32 Å². The molecule has 1 aliphatic heterocycles. The predicted molar refractivity (Wildman–Crippen MR) is 130 cm³/mol. The number of ether oxygens (including phenoxy) is 4. The first kappa shape index (κ1) is 29.4. The van der Waals surface area contributed by atoms with E-state index in [1.54, 1.807) is 27.7 Å². The summed E-state index contributed by atoms with van der Waals surface area (Å²) in [6, 6.07) is 7.57. The summed E-state index contributed by atoms with van der Waals surface area (Å²) in [4.78, 5) is 13.6. The number of nitrogens with one attached hydrogen (secondary N) is 1. The molecule has 1 amide bonds. The SMILES string of the molecule is CC(C)NC(=O)[C@@]1(OCc2cccc(C(F)(F)F)c2)C[C@H](OCc2ccc(F)cc2F)[C@@H]2OC(C)(C)O[C@@H]2C1. The molecule has 1 heterocycles. The van der Waals surface area contributed by atoms with Crippen molar-refractivity contribution in [2.45, 2.75) is 95.7 Å². The molecule has 2 aromatic rings. The van der Waals surface area contributed by atoms with Gasteiger partial charge in [-0.05, 0) is 51.5 Å². The summed E-state index contributed by atoms with van der Waals surface area (Å²) in [5, 5.41) is 2.84. The van der Waals surface area contributed by atoms with Crippen LogP contribution in [0.15, 0.2) is 42.5 Å². The quantitative estimate of drug-likeness (QED) is 0.425. The minimum absolute atomic E-state index is 0.0338. The van der Waals surface area contributed by atoms with Gasteiger partial charge in [0.15, 0.2) is 11.4 Å². The Morgan fingerprint density at radius 3 is 2.49 bits per heavy atom. The van der Waals surface area contributed by atoms with Crippen molar-refractivity contribution < 1.29 is 45.7 Å². The van der Waals surface area contributed by atoms with E-state index < -0.39 is 59.0 Å². The number of alkyl halides is 3. The number of benzene rings is 2. The Bertz CT molecular complexity index is 1190. The molecule has 0 aromatic heterocycles. The van der Waals surface area contributed by atoms with Gasteiger partial charge in [0.1, 0.15) is 17.7 Å². The Morgan fingerprint density at radius 2 is 1.82 bits per heavy atom. The maximum atomic E-state index is 14.3. The van der Waals surface area contributed by atoms with E-state index in [9.17, 15) is 26.7 Å². The van der Waals surface area contributed by atoms with Gasteiger partial charge < -0.3 is 24.3 Å². The minimum Gasteiger partial charge on any atom is -0.370 e. The fourth-order valence-electron chi connectivity index (χ4n) is 5.00. The van der Waals surface area contributed by atoms with Crippen LogP contribution in [0.4, 0.5) is 22.0 Å². The van der Waals surface area contributed by atoms with Gasteiger partial charge >= 0.3 is 6.18 Å². The van der Waals surface area contributed by atoms with Gasteiger partial charge in [-0.15, -0.1) is 0 Å². The van der Waals surface area contributed by atoms with Crippen molar-refractivity contribution in [3.05, 3.63) is 70.8 Å². The van der Waals surface area contributed by atoms with Gasteiger partial charge in [0, 0.05) is 30.5 Å². The molecule has 1 saturated heterocycles. The van der Waals surface area contributed by atoms with E-state index in [-0.39, 0.29) is 43.2 Å².